The molecular formula is C18H20F2N2O5S. The third-order valence-electron chi connectivity index (χ3n) is 3.90. The van der Waals surface area contributed by atoms with Gasteiger partial charge in [0.25, 0.3) is 0 Å². The third-order valence-corrected chi connectivity index (χ3v) is 5.13. The van der Waals surface area contributed by atoms with E-state index in [-0.39, 0.29) is 17.1 Å². The lowest BCUT2D eigenvalue weighted by Crippen LogP contribution is -2.45. The molecule has 1 N–H and O–H groups in total. The van der Waals surface area contributed by atoms with Crippen molar-refractivity contribution in [1.82, 2.24) is 0 Å². The zero-order valence-corrected chi connectivity index (χ0v) is 16.5. The van der Waals surface area contributed by atoms with Crippen LogP contribution in [0.4, 0.5) is 20.2 Å². The molecule has 1 atom stereocenters. The lowest BCUT2D eigenvalue weighted by Gasteiger charge is -2.29. The lowest BCUT2D eigenvalue weighted by molar-refractivity contribution is -0.116. The normalized spacial score (nSPS) is 12.2. The van der Waals surface area contributed by atoms with Gasteiger partial charge in [0.1, 0.15) is 17.5 Å². The Bertz CT molecular complexity index is 982. The molecule has 152 valence electrons. The molecule has 10 heteroatoms. The van der Waals surface area contributed by atoms with E-state index in [2.05, 4.69) is 5.32 Å². The smallest absolute Gasteiger partial charge is 0.247 e. The van der Waals surface area contributed by atoms with Gasteiger partial charge in [0.2, 0.25) is 15.9 Å². The van der Waals surface area contributed by atoms with Crippen LogP contribution in [0.2, 0.25) is 0 Å². The van der Waals surface area contributed by atoms with Crippen LogP contribution in [0.15, 0.2) is 36.4 Å². The second kappa shape index (κ2) is 8.42. The number of amides is 1. The first-order valence-electron chi connectivity index (χ1n) is 8.05. The Morgan fingerprint density at radius 1 is 1.07 bits per heavy atom. The standard InChI is InChI=1S/C18H20F2N2O5S/c1-11(18(23)21-12-5-7-14(19)15(20)9-12)22(28(4,24)25)16-10-13(26-2)6-8-17(16)27-3/h5-11H,1-4H3,(H,21,23)/t11-/m1/s1. The number of carbonyl (C=O) groups excluding carboxylic acids is 1. The molecule has 0 heterocycles. The quantitative estimate of drug-likeness (QED) is 0.753. The number of nitrogens with one attached hydrogen (secondary N) is 1. The molecule has 0 aliphatic carbocycles. The van der Waals surface area contributed by atoms with E-state index in [1.165, 1.54) is 39.3 Å². The fourth-order valence-corrected chi connectivity index (χ4v) is 3.74. The van der Waals surface area contributed by atoms with Crippen LogP contribution in [0, 0.1) is 11.6 Å². The van der Waals surface area contributed by atoms with Gasteiger partial charge in [-0.25, -0.2) is 17.2 Å². The zero-order valence-electron chi connectivity index (χ0n) is 15.7. The molecular weight excluding hydrogens is 394 g/mol. The van der Waals surface area contributed by atoms with Gasteiger partial charge in [-0.2, -0.15) is 0 Å². The van der Waals surface area contributed by atoms with Gasteiger partial charge in [0, 0.05) is 17.8 Å². The van der Waals surface area contributed by atoms with Crippen molar-refractivity contribution in [1.29, 1.82) is 0 Å². The topological polar surface area (TPSA) is 84.9 Å². The van der Waals surface area contributed by atoms with Gasteiger partial charge in [-0.1, -0.05) is 0 Å². The van der Waals surface area contributed by atoms with E-state index in [0.717, 1.165) is 22.7 Å². The molecule has 2 aromatic rings. The van der Waals surface area contributed by atoms with E-state index in [9.17, 15) is 22.0 Å². The fraction of sp³-hybridized carbons (Fsp3) is 0.278. The summed E-state index contributed by atoms with van der Waals surface area (Å²) >= 11 is 0. The molecule has 0 aliphatic rings. The summed E-state index contributed by atoms with van der Waals surface area (Å²) in [5.41, 5.74) is 0.0825. The summed E-state index contributed by atoms with van der Waals surface area (Å²) in [4.78, 5) is 12.6. The molecule has 1 amide bonds. The fourth-order valence-electron chi connectivity index (χ4n) is 2.57. The van der Waals surface area contributed by atoms with Crippen LogP contribution in [0.3, 0.4) is 0 Å². The SMILES string of the molecule is COc1ccc(OC)c(N([C@H](C)C(=O)Nc2ccc(F)c(F)c2)S(C)(=O)=O)c1. The van der Waals surface area contributed by atoms with Crippen LogP contribution in [0.5, 0.6) is 11.5 Å². The minimum atomic E-state index is -3.92. The number of nitrogens with zero attached hydrogens (tertiary/aromatic N) is 1. The van der Waals surface area contributed by atoms with Gasteiger partial charge >= 0.3 is 0 Å². The molecule has 2 aromatic carbocycles. The summed E-state index contributed by atoms with van der Waals surface area (Å²) < 4.78 is 62.5. The second-order valence-corrected chi connectivity index (χ2v) is 7.75. The molecule has 0 saturated carbocycles. The first-order valence-corrected chi connectivity index (χ1v) is 9.90. The maximum absolute atomic E-state index is 13.4. The van der Waals surface area contributed by atoms with E-state index in [4.69, 9.17) is 9.47 Å². The van der Waals surface area contributed by atoms with Gasteiger partial charge in [0.15, 0.2) is 11.6 Å². The maximum Gasteiger partial charge on any atom is 0.247 e. The Hall–Kier alpha value is -2.88. The Morgan fingerprint density at radius 3 is 2.29 bits per heavy atom. The average Bonchev–Trinajstić information content (AvgIpc) is 2.63. The highest BCUT2D eigenvalue weighted by atomic mass is 32.2. The molecule has 0 unspecified atom stereocenters. The van der Waals surface area contributed by atoms with Crippen LogP contribution in [-0.2, 0) is 14.8 Å². The summed E-state index contributed by atoms with van der Waals surface area (Å²) in [6.45, 7) is 1.36. The van der Waals surface area contributed by atoms with E-state index < -0.39 is 33.6 Å². The van der Waals surface area contributed by atoms with Crippen molar-refractivity contribution in [3.8, 4) is 11.5 Å². The van der Waals surface area contributed by atoms with Crippen LogP contribution >= 0.6 is 0 Å². The molecule has 0 radical (unpaired) electrons. The number of benzene rings is 2. The van der Waals surface area contributed by atoms with Crippen molar-refractivity contribution < 1.29 is 31.5 Å². The van der Waals surface area contributed by atoms with Gasteiger partial charge in [-0.3, -0.25) is 9.10 Å². The number of carbonyl (C=O) groups is 1. The number of anilines is 2. The molecule has 28 heavy (non-hydrogen) atoms. The first kappa shape index (κ1) is 21.4. The lowest BCUT2D eigenvalue weighted by atomic mass is 10.2. The summed E-state index contributed by atoms with van der Waals surface area (Å²) in [7, 11) is -1.15. The molecule has 7 nitrogen and oxygen atoms in total. The average molecular weight is 414 g/mol. The number of rotatable bonds is 7. The summed E-state index contributed by atoms with van der Waals surface area (Å²) in [6, 6.07) is 6.10. The molecule has 0 bridgehead atoms. The van der Waals surface area contributed by atoms with Crippen LogP contribution in [0.1, 0.15) is 6.92 Å². The van der Waals surface area contributed by atoms with Gasteiger partial charge in [-0.15, -0.1) is 0 Å². The van der Waals surface area contributed by atoms with Gasteiger partial charge < -0.3 is 14.8 Å². The minimum absolute atomic E-state index is 0.0122. The summed E-state index contributed by atoms with van der Waals surface area (Å²) in [5.74, 6) is -2.39. The molecule has 0 spiro atoms. The minimum Gasteiger partial charge on any atom is -0.497 e. The Balaban J connectivity index is 2.43. The van der Waals surface area contributed by atoms with Crippen LogP contribution < -0.4 is 19.1 Å². The van der Waals surface area contributed by atoms with Crippen molar-refractivity contribution in [2.75, 3.05) is 30.1 Å². The predicted octanol–water partition coefficient (Wildman–Crippen LogP) is 2.78. The summed E-state index contributed by atoms with van der Waals surface area (Å²) in [5, 5.41) is 2.37. The Kier molecular flexibility index (Phi) is 6.45. The first-order chi connectivity index (χ1) is 13.1. The third kappa shape index (κ3) is 4.69. The van der Waals surface area contributed by atoms with Crippen molar-refractivity contribution in [2.24, 2.45) is 0 Å². The predicted molar refractivity (Wildman–Crippen MR) is 101 cm³/mol. The highest BCUT2D eigenvalue weighted by Gasteiger charge is 2.31. The Morgan fingerprint density at radius 2 is 1.75 bits per heavy atom. The van der Waals surface area contributed by atoms with Crippen molar-refractivity contribution >= 4 is 27.3 Å². The van der Waals surface area contributed by atoms with E-state index in [1.807, 2.05) is 0 Å². The molecule has 2 rings (SSSR count). The van der Waals surface area contributed by atoms with Crippen LogP contribution in [0.25, 0.3) is 0 Å². The van der Waals surface area contributed by atoms with Gasteiger partial charge in [-0.05, 0) is 31.2 Å². The van der Waals surface area contributed by atoms with Crippen molar-refractivity contribution in [2.45, 2.75) is 13.0 Å². The highest BCUT2D eigenvalue weighted by molar-refractivity contribution is 7.92. The number of hydrogen-bond acceptors (Lipinski definition) is 5. The van der Waals surface area contributed by atoms with E-state index >= 15 is 0 Å². The van der Waals surface area contributed by atoms with E-state index in [1.54, 1.807) is 6.07 Å². The maximum atomic E-state index is 13.4. The Labute approximate surface area is 161 Å². The molecule has 0 aromatic heterocycles. The van der Waals surface area contributed by atoms with Crippen molar-refractivity contribution in [3.05, 3.63) is 48.0 Å². The molecule has 0 fully saturated rings. The summed E-state index contributed by atoms with van der Waals surface area (Å²) in [6.07, 6.45) is 0.938. The number of methoxy groups -OCH3 is 2. The number of ether oxygens (including phenoxy) is 2. The number of hydrogen-bond donors (Lipinski definition) is 1. The largest absolute Gasteiger partial charge is 0.497 e. The van der Waals surface area contributed by atoms with Crippen molar-refractivity contribution in [3.63, 3.8) is 0 Å². The van der Waals surface area contributed by atoms with Crippen LogP contribution in [-0.4, -0.2) is 40.8 Å². The van der Waals surface area contributed by atoms with Gasteiger partial charge in [0.05, 0.1) is 26.2 Å². The zero-order chi connectivity index (χ0) is 21.1. The monoisotopic (exact) mass is 414 g/mol. The number of halogens is 2. The number of sulfonamides is 1. The van der Waals surface area contributed by atoms with E-state index in [0.29, 0.717) is 5.75 Å². The second-order valence-electron chi connectivity index (χ2n) is 5.89. The highest BCUT2D eigenvalue weighted by Crippen LogP contribution is 2.35. The molecule has 0 aliphatic heterocycles. The molecule has 0 saturated heterocycles.